The molecule has 57 heavy (non-hydrogen) atoms. The zero-order valence-electron chi connectivity index (χ0n) is 32.8. The van der Waals surface area contributed by atoms with Crippen LogP contribution >= 0.6 is 0 Å². The minimum absolute atomic E-state index is 0.0973. The lowest BCUT2D eigenvalue weighted by Gasteiger charge is -2.29. The molecular formula is C44H57N7O6. The van der Waals surface area contributed by atoms with Crippen molar-refractivity contribution in [1.29, 1.82) is 0 Å². The second-order valence-corrected chi connectivity index (χ2v) is 14.7. The minimum atomic E-state index is -1.13. The van der Waals surface area contributed by atoms with Gasteiger partial charge in [0.05, 0.1) is 12.7 Å². The van der Waals surface area contributed by atoms with Crippen molar-refractivity contribution in [3.8, 4) is 0 Å². The summed E-state index contributed by atoms with van der Waals surface area (Å²) in [5.74, 6) is -2.34. The summed E-state index contributed by atoms with van der Waals surface area (Å²) in [5.41, 5.74) is 9.23. The Morgan fingerprint density at radius 2 is 1.30 bits per heavy atom. The summed E-state index contributed by atoms with van der Waals surface area (Å²) in [4.78, 5) is 73.0. The molecule has 1 aliphatic heterocycles. The Morgan fingerprint density at radius 1 is 0.667 bits per heavy atom. The van der Waals surface area contributed by atoms with Crippen molar-refractivity contribution < 1.29 is 28.7 Å². The first-order valence-corrected chi connectivity index (χ1v) is 20.1. The summed E-state index contributed by atoms with van der Waals surface area (Å²) in [6.45, 7) is 2.73. The van der Waals surface area contributed by atoms with Crippen LogP contribution in [0.3, 0.4) is 0 Å². The molecule has 1 aromatic heterocycles. The van der Waals surface area contributed by atoms with Crippen LogP contribution in [0.1, 0.15) is 75.0 Å². The molecule has 1 fully saturated rings. The molecule has 0 aliphatic carbocycles. The minimum Gasteiger partial charge on any atom is -0.371 e. The lowest BCUT2D eigenvalue weighted by Crippen LogP contribution is -2.60. The number of nitrogens with two attached hydrogens (primary N) is 1. The molecule has 1 saturated heterocycles. The van der Waals surface area contributed by atoms with E-state index >= 15 is 0 Å². The van der Waals surface area contributed by atoms with E-state index in [-0.39, 0.29) is 38.2 Å². The molecule has 13 nitrogen and oxygen atoms in total. The van der Waals surface area contributed by atoms with E-state index in [1.165, 1.54) is 0 Å². The second-order valence-electron chi connectivity index (χ2n) is 14.7. The number of H-pyrrole nitrogens is 1. The summed E-state index contributed by atoms with van der Waals surface area (Å²) in [7, 11) is 0. The molecular weight excluding hydrogens is 723 g/mol. The van der Waals surface area contributed by atoms with Gasteiger partial charge in [-0.2, -0.15) is 0 Å². The predicted octanol–water partition coefficient (Wildman–Crippen LogP) is 3.71. The molecule has 304 valence electrons. The Labute approximate surface area is 334 Å². The number of ether oxygens (including phenoxy) is 1. The van der Waals surface area contributed by atoms with Gasteiger partial charge in [0.2, 0.25) is 29.5 Å². The maximum absolute atomic E-state index is 14.4. The van der Waals surface area contributed by atoms with Gasteiger partial charge < -0.3 is 42.0 Å². The first kappa shape index (κ1) is 42.6. The van der Waals surface area contributed by atoms with Crippen LogP contribution in [-0.4, -0.2) is 77.9 Å². The van der Waals surface area contributed by atoms with Gasteiger partial charge in [-0.05, 0) is 68.3 Å². The molecule has 13 heteroatoms. The van der Waals surface area contributed by atoms with Gasteiger partial charge in [-0.1, -0.05) is 91.7 Å². The number of rotatable bonds is 12. The third kappa shape index (κ3) is 13.3. The number of nitrogens with one attached hydrogen (secondary N) is 6. The number of carbonyl (C=O) groups excluding carboxylic acids is 5. The number of fused-ring (bicyclic) bond motifs is 1. The summed E-state index contributed by atoms with van der Waals surface area (Å²) in [5, 5.41) is 15.5. The second kappa shape index (κ2) is 22.3. The number of carbonyl (C=O) groups is 5. The molecule has 8 N–H and O–H groups in total. The van der Waals surface area contributed by atoms with Gasteiger partial charge in [-0.3, -0.25) is 24.0 Å². The van der Waals surface area contributed by atoms with Gasteiger partial charge in [0.15, 0.2) is 0 Å². The first-order chi connectivity index (χ1) is 27.7. The monoisotopic (exact) mass is 779 g/mol. The van der Waals surface area contributed by atoms with Gasteiger partial charge in [0.1, 0.15) is 24.2 Å². The number of aromatic amines is 1. The van der Waals surface area contributed by atoms with Crippen LogP contribution in [-0.2, 0) is 48.2 Å². The lowest BCUT2D eigenvalue weighted by atomic mass is 10.0. The molecule has 0 radical (unpaired) electrons. The number of benzene rings is 3. The molecule has 1 aliphatic rings. The fraction of sp³-hybridized carbons (Fsp3) is 0.432. The number of hydrogen-bond donors (Lipinski definition) is 7. The average Bonchev–Trinajstić information content (AvgIpc) is 3.63. The standard InChI is InChI=1S/C44H57N7O6/c1-30(57-29-32-18-8-5-9-19-32)40-44(56)46-25-15-3-2-10-23-39(52)48-37(26-31-16-6-4-7-17-31)42(54)50-38(27-33-28-47-35-21-12-11-20-34(33)35)43(55)49-36(41(53)51-40)22-13-14-24-45/h4-9,11-12,16-21,28,30,36-38,40,47H,2-3,10,13-15,22-27,29,45H2,1H3,(H,46,56)(H,48,52)(H,49,55)(H,50,54)(H,51,53)/t30-,36?,37?,38-,40?/m0/s1. The molecule has 2 heterocycles. The van der Waals surface area contributed by atoms with E-state index in [2.05, 4.69) is 31.6 Å². The van der Waals surface area contributed by atoms with Crippen molar-refractivity contribution in [2.45, 2.75) is 108 Å². The van der Waals surface area contributed by atoms with Crippen molar-refractivity contribution in [3.63, 3.8) is 0 Å². The van der Waals surface area contributed by atoms with E-state index in [1.807, 2.05) is 84.9 Å². The van der Waals surface area contributed by atoms with E-state index < -0.39 is 53.9 Å². The Hall–Kier alpha value is -5.53. The molecule has 3 aromatic carbocycles. The highest BCUT2D eigenvalue weighted by molar-refractivity contribution is 5.96. The van der Waals surface area contributed by atoms with Crippen LogP contribution in [0.5, 0.6) is 0 Å². The van der Waals surface area contributed by atoms with Crippen LogP contribution in [0.2, 0.25) is 0 Å². The predicted molar refractivity (Wildman–Crippen MR) is 220 cm³/mol. The van der Waals surface area contributed by atoms with Crippen LogP contribution < -0.4 is 32.3 Å². The topological polar surface area (TPSA) is 197 Å². The van der Waals surface area contributed by atoms with Crippen LogP contribution in [0, 0.1) is 0 Å². The summed E-state index contributed by atoms with van der Waals surface area (Å²) in [6, 6.07) is 22.4. The van der Waals surface area contributed by atoms with Crippen LogP contribution in [0.25, 0.3) is 10.9 Å². The van der Waals surface area contributed by atoms with E-state index in [0.717, 1.165) is 40.4 Å². The van der Waals surface area contributed by atoms with E-state index in [9.17, 15) is 24.0 Å². The fourth-order valence-corrected chi connectivity index (χ4v) is 7.00. The Morgan fingerprint density at radius 3 is 2.04 bits per heavy atom. The van der Waals surface area contributed by atoms with Gasteiger partial charge >= 0.3 is 0 Å². The first-order valence-electron chi connectivity index (χ1n) is 20.1. The molecule has 0 spiro atoms. The normalized spacial score (nSPS) is 21.4. The highest BCUT2D eigenvalue weighted by atomic mass is 16.5. The molecule has 4 aromatic rings. The number of para-hydroxylation sites is 1. The third-order valence-electron chi connectivity index (χ3n) is 10.3. The molecule has 0 bridgehead atoms. The number of amides is 5. The van der Waals surface area contributed by atoms with Crippen LogP contribution in [0.4, 0.5) is 0 Å². The summed E-state index contributed by atoms with van der Waals surface area (Å²) in [6.07, 6.45) is 5.76. The van der Waals surface area contributed by atoms with Crippen molar-refractivity contribution in [2.75, 3.05) is 13.1 Å². The zero-order valence-corrected chi connectivity index (χ0v) is 32.8. The molecule has 5 amide bonds. The number of unbranched alkanes of at least 4 members (excludes halogenated alkanes) is 1. The van der Waals surface area contributed by atoms with E-state index in [4.69, 9.17) is 10.5 Å². The summed E-state index contributed by atoms with van der Waals surface area (Å²) < 4.78 is 6.12. The van der Waals surface area contributed by atoms with E-state index in [1.54, 1.807) is 13.1 Å². The number of hydrogen-bond acceptors (Lipinski definition) is 7. The van der Waals surface area contributed by atoms with Crippen molar-refractivity contribution >= 4 is 40.4 Å². The smallest absolute Gasteiger partial charge is 0.245 e. The molecule has 3 unspecified atom stereocenters. The Kier molecular flexibility index (Phi) is 16.6. The molecule has 0 saturated carbocycles. The van der Waals surface area contributed by atoms with Crippen molar-refractivity contribution in [2.24, 2.45) is 5.73 Å². The van der Waals surface area contributed by atoms with Crippen molar-refractivity contribution in [1.82, 2.24) is 31.6 Å². The zero-order chi connectivity index (χ0) is 40.4. The maximum atomic E-state index is 14.4. The Balaban J connectivity index is 1.45. The summed E-state index contributed by atoms with van der Waals surface area (Å²) >= 11 is 0. The van der Waals surface area contributed by atoms with E-state index in [0.29, 0.717) is 38.8 Å². The average molecular weight is 780 g/mol. The SMILES string of the molecule is C[C@H](OCc1ccccc1)C1NC(=O)C(CCCCN)NC(=O)[C@H](Cc2c[nH]c3ccccc23)NC(=O)C(Cc2ccccc2)NC(=O)CCCCCCNC1=O. The Bertz CT molecular complexity index is 1900. The number of aromatic nitrogens is 1. The van der Waals surface area contributed by atoms with Gasteiger partial charge in [0, 0.05) is 42.9 Å². The maximum Gasteiger partial charge on any atom is 0.245 e. The van der Waals surface area contributed by atoms with Gasteiger partial charge in [0.25, 0.3) is 0 Å². The highest BCUT2D eigenvalue weighted by Gasteiger charge is 2.34. The van der Waals surface area contributed by atoms with Gasteiger partial charge in [-0.25, -0.2) is 0 Å². The van der Waals surface area contributed by atoms with Gasteiger partial charge in [-0.15, -0.1) is 0 Å². The highest BCUT2D eigenvalue weighted by Crippen LogP contribution is 2.20. The third-order valence-corrected chi connectivity index (χ3v) is 10.3. The lowest BCUT2D eigenvalue weighted by molar-refractivity contribution is -0.136. The van der Waals surface area contributed by atoms with Crippen molar-refractivity contribution in [3.05, 3.63) is 108 Å². The molecule has 5 atom stereocenters. The quantitative estimate of drug-likeness (QED) is 0.107. The molecule has 5 rings (SSSR count). The van der Waals surface area contributed by atoms with Crippen LogP contribution in [0.15, 0.2) is 91.1 Å². The fourth-order valence-electron chi connectivity index (χ4n) is 7.00. The largest absolute Gasteiger partial charge is 0.371 e.